The van der Waals surface area contributed by atoms with Crippen LogP contribution < -0.4 is 10.6 Å². The third-order valence-corrected chi connectivity index (χ3v) is 3.23. The van der Waals surface area contributed by atoms with Crippen molar-refractivity contribution >= 4 is 17.3 Å². The van der Waals surface area contributed by atoms with Gasteiger partial charge in [0.1, 0.15) is 0 Å². The summed E-state index contributed by atoms with van der Waals surface area (Å²) in [5, 5.41) is 8.96. The van der Waals surface area contributed by atoms with Crippen LogP contribution in [0.15, 0.2) is 18.2 Å². The molecule has 0 saturated heterocycles. The summed E-state index contributed by atoms with van der Waals surface area (Å²) < 4.78 is 0. The monoisotopic (exact) mass is 234 g/mol. The number of hydrogen-bond donors (Lipinski definition) is 2. The van der Waals surface area contributed by atoms with Crippen LogP contribution in [0.1, 0.15) is 18.9 Å². The summed E-state index contributed by atoms with van der Waals surface area (Å²) in [5.41, 5.74) is 8.91. The molecule has 17 heavy (non-hydrogen) atoms. The number of aryl methyl sites for hydroxylation is 1. The Morgan fingerprint density at radius 2 is 2.35 bits per heavy atom. The summed E-state index contributed by atoms with van der Waals surface area (Å²) in [6.07, 6.45) is 2.08. The van der Waals surface area contributed by atoms with Gasteiger partial charge in [0.15, 0.2) is 0 Å². The fraction of sp³-hybridized carbons (Fsp3) is 0.462. The first kappa shape index (κ1) is 11.8. The first-order chi connectivity index (χ1) is 8.08. The van der Waals surface area contributed by atoms with Crippen molar-refractivity contribution in [2.75, 3.05) is 23.7 Å². The van der Waals surface area contributed by atoms with E-state index in [0.717, 1.165) is 30.8 Å². The quantitative estimate of drug-likeness (QED) is 0.782. The molecule has 1 atom stereocenters. The predicted molar refractivity (Wildman–Crippen MR) is 68.2 cm³/mol. The molecule has 1 aromatic carbocycles. The maximum Gasteiger partial charge on any atom is 0.308 e. The third kappa shape index (κ3) is 2.52. The minimum Gasteiger partial charge on any atom is -0.481 e. The number of fused-ring (bicyclic) bond motifs is 1. The molecule has 1 aromatic rings. The van der Waals surface area contributed by atoms with E-state index < -0.39 is 5.97 Å². The molecule has 0 fully saturated rings. The van der Waals surface area contributed by atoms with Crippen molar-refractivity contribution in [3.63, 3.8) is 0 Å². The zero-order valence-corrected chi connectivity index (χ0v) is 10.0. The second-order valence-corrected chi connectivity index (χ2v) is 4.68. The maximum absolute atomic E-state index is 10.9. The second kappa shape index (κ2) is 4.65. The number of nitrogens with two attached hydrogens (primary N) is 1. The Bertz CT molecular complexity index is 431. The van der Waals surface area contributed by atoms with Crippen LogP contribution in [-0.2, 0) is 11.2 Å². The number of nitrogens with zero attached hydrogens (tertiary/aromatic N) is 1. The molecule has 4 nitrogen and oxygen atoms in total. The Hall–Kier alpha value is -1.71. The standard InChI is InChI=1S/C13H18N2O2/c1-9(13(16)17)8-15-6-2-3-10-7-11(14)4-5-12(10)15/h4-5,7,9H,2-3,6,8,14H2,1H3,(H,16,17). The van der Waals surface area contributed by atoms with Crippen LogP contribution in [0.3, 0.4) is 0 Å². The minimum absolute atomic E-state index is 0.349. The summed E-state index contributed by atoms with van der Waals surface area (Å²) in [6, 6.07) is 5.87. The van der Waals surface area contributed by atoms with Gasteiger partial charge in [0, 0.05) is 24.5 Å². The number of carboxylic acid groups (broad SMARTS) is 1. The molecule has 0 spiro atoms. The third-order valence-electron chi connectivity index (χ3n) is 3.23. The Balaban J connectivity index is 2.20. The summed E-state index contributed by atoms with van der Waals surface area (Å²) in [6.45, 7) is 3.23. The van der Waals surface area contributed by atoms with Gasteiger partial charge in [-0.2, -0.15) is 0 Å². The van der Waals surface area contributed by atoms with E-state index in [2.05, 4.69) is 4.90 Å². The highest BCUT2D eigenvalue weighted by atomic mass is 16.4. The average Bonchev–Trinajstić information content (AvgIpc) is 2.28. The van der Waals surface area contributed by atoms with Crippen molar-refractivity contribution in [1.29, 1.82) is 0 Å². The van der Waals surface area contributed by atoms with Gasteiger partial charge in [0.25, 0.3) is 0 Å². The number of carboxylic acids is 1. The smallest absolute Gasteiger partial charge is 0.308 e. The fourth-order valence-corrected chi connectivity index (χ4v) is 2.29. The topological polar surface area (TPSA) is 66.6 Å². The lowest BCUT2D eigenvalue weighted by Crippen LogP contribution is -2.35. The first-order valence-electron chi connectivity index (χ1n) is 5.94. The van der Waals surface area contributed by atoms with Crippen LogP contribution in [0.25, 0.3) is 0 Å². The lowest BCUT2D eigenvalue weighted by atomic mass is 9.99. The van der Waals surface area contributed by atoms with Gasteiger partial charge in [-0.3, -0.25) is 4.79 Å². The highest BCUT2D eigenvalue weighted by molar-refractivity contribution is 5.71. The van der Waals surface area contributed by atoms with Gasteiger partial charge in [0.05, 0.1) is 5.92 Å². The molecule has 0 aromatic heterocycles. The van der Waals surface area contributed by atoms with Crippen LogP contribution in [0, 0.1) is 5.92 Å². The zero-order chi connectivity index (χ0) is 12.4. The summed E-state index contributed by atoms with van der Waals surface area (Å²) >= 11 is 0. The lowest BCUT2D eigenvalue weighted by Gasteiger charge is -2.32. The summed E-state index contributed by atoms with van der Waals surface area (Å²) in [5.74, 6) is -1.09. The van der Waals surface area contributed by atoms with E-state index >= 15 is 0 Å². The molecule has 4 heteroatoms. The van der Waals surface area contributed by atoms with E-state index in [9.17, 15) is 4.79 Å². The van der Waals surface area contributed by atoms with Gasteiger partial charge in [0.2, 0.25) is 0 Å². The molecule has 92 valence electrons. The Kier molecular flexibility index (Phi) is 3.22. The number of anilines is 2. The molecule has 0 bridgehead atoms. The fourth-order valence-electron chi connectivity index (χ4n) is 2.29. The molecule has 1 aliphatic heterocycles. The number of aliphatic carboxylic acids is 1. The molecular weight excluding hydrogens is 216 g/mol. The molecular formula is C13H18N2O2. The number of hydrogen-bond acceptors (Lipinski definition) is 3. The van der Waals surface area contributed by atoms with E-state index in [0.29, 0.717) is 6.54 Å². The van der Waals surface area contributed by atoms with Crippen molar-refractivity contribution in [3.8, 4) is 0 Å². The van der Waals surface area contributed by atoms with Crippen molar-refractivity contribution in [1.82, 2.24) is 0 Å². The number of nitrogen functional groups attached to an aromatic ring is 1. The molecule has 1 aliphatic rings. The maximum atomic E-state index is 10.9. The molecule has 0 aliphatic carbocycles. The minimum atomic E-state index is -0.743. The molecule has 3 N–H and O–H groups in total. The average molecular weight is 234 g/mol. The molecule has 2 rings (SSSR count). The molecule has 1 unspecified atom stereocenters. The molecule has 0 amide bonds. The van der Waals surface area contributed by atoms with E-state index in [1.807, 2.05) is 18.2 Å². The van der Waals surface area contributed by atoms with Crippen molar-refractivity contribution in [2.24, 2.45) is 5.92 Å². The summed E-state index contributed by atoms with van der Waals surface area (Å²) in [4.78, 5) is 13.0. The number of carbonyl (C=O) groups is 1. The largest absolute Gasteiger partial charge is 0.481 e. The highest BCUT2D eigenvalue weighted by Crippen LogP contribution is 2.29. The van der Waals surface area contributed by atoms with Crippen LogP contribution in [-0.4, -0.2) is 24.2 Å². The zero-order valence-electron chi connectivity index (χ0n) is 10.0. The second-order valence-electron chi connectivity index (χ2n) is 4.68. The van der Waals surface area contributed by atoms with Crippen LogP contribution in [0.4, 0.5) is 11.4 Å². The summed E-state index contributed by atoms with van der Waals surface area (Å²) in [7, 11) is 0. The first-order valence-corrected chi connectivity index (χ1v) is 5.94. The van der Waals surface area contributed by atoms with Gasteiger partial charge in [-0.25, -0.2) is 0 Å². The number of rotatable bonds is 3. The Morgan fingerprint density at radius 3 is 3.06 bits per heavy atom. The number of benzene rings is 1. The van der Waals surface area contributed by atoms with Crippen LogP contribution in [0.2, 0.25) is 0 Å². The van der Waals surface area contributed by atoms with E-state index in [1.165, 1.54) is 5.56 Å². The molecule has 0 radical (unpaired) electrons. The van der Waals surface area contributed by atoms with Crippen LogP contribution >= 0.6 is 0 Å². The van der Waals surface area contributed by atoms with Gasteiger partial charge in [-0.1, -0.05) is 6.92 Å². The van der Waals surface area contributed by atoms with E-state index in [-0.39, 0.29) is 5.92 Å². The predicted octanol–water partition coefficient (Wildman–Crippen LogP) is 1.74. The Labute approximate surface area is 101 Å². The lowest BCUT2D eigenvalue weighted by molar-refractivity contribution is -0.140. The normalized spacial score (nSPS) is 16.4. The van der Waals surface area contributed by atoms with Gasteiger partial charge >= 0.3 is 5.97 Å². The molecule has 0 saturated carbocycles. The Morgan fingerprint density at radius 1 is 1.59 bits per heavy atom. The van der Waals surface area contributed by atoms with Gasteiger partial charge < -0.3 is 15.7 Å². The van der Waals surface area contributed by atoms with Gasteiger partial charge in [-0.05, 0) is 36.6 Å². The SMILES string of the molecule is CC(CN1CCCc2cc(N)ccc21)C(=O)O. The van der Waals surface area contributed by atoms with Gasteiger partial charge in [-0.15, -0.1) is 0 Å². The highest BCUT2D eigenvalue weighted by Gasteiger charge is 2.21. The van der Waals surface area contributed by atoms with Crippen molar-refractivity contribution in [2.45, 2.75) is 19.8 Å². The van der Waals surface area contributed by atoms with E-state index in [4.69, 9.17) is 10.8 Å². The van der Waals surface area contributed by atoms with Crippen LogP contribution in [0.5, 0.6) is 0 Å². The molecule has 1 heterocycles. The van der Waals surface area contributed by atoms with Crippen molar-refractivity contribution in [3.05, 3.63) is 23.8 Å². The van der Waals surface area contributed by atoms with Crippen molar-refractivity contribution < 1.29 is 9.90 Å². The van der Waals surface area contributed by atoms with E-state index in [1.54, 1.807) is 6.92 Å².